The van der Waals surface area contributed by atoms with Gasteiger partial charge in [-0.3, -0.25) is 10.1 Å². The number of imidazole rings is 1. The molecule has 3 amide bonds. The van der Waals surface area contributed by atoms with Crippen LogP contribution in [0.5, 0.6) is 0 Å². The Balaban J connectivity index is 2.18. The molecule has 3 N–H and O–H groups in total. The second-order valence-electron chi connectivity index (χ2n) is 4.26. The molecule has 1 aromatic rings. The Kier molecular flexibility index (Phi) is 3.12. The van der Waals surface area contributed by atoms with E-state index in [0.717, 1.165) is 42.9 Å². The molecule has 0 unspecified atom stereocenters. The average Bonchev–Trinajstić information content (AvgIpc) is 2.55. The summed E-state index contributed by atoms with van der Waals surface area (Å²) in [5, 5.41) is 2.07. The molecule has 0 bridgehead atoms. The van der Waals surface area contributed by atoms with Crippen molar-refractivity contribution in [2.24, 2.45) is 5.73 Å². The number of carbonyl (C=O) groups is 2. The van der Waals surface area contributed by atoms with E-state index in [2.05, 4.69) is 10.3 Å². The van der Waals surface area contributed by atoms with Crippen LogP contribution in [0.1, 0.15) is 30.1 Å². The number of nitrogens with two attached hydrogens (primary N) is 1. The Morgan fingerprint density at radius 2 is 2.12 bits per heavy atom. The molecule has 92 valence electrons. The molecule has 0 spiro atoms. The van der Waals surface area contributed by atoms with Gasteiger partial charge in [-0.15, -0.1) is 0 Å². The van der Waals surface area contributed by atoms with Gasteiger partial charge in [-0.2, -0.15) is 0 Å². The maximum Gasteiger partial charge on any atom is 0.318 e. The number of nitrogens with one attached hydrogen (secondary N) is 1. The van der Waals surface area contributed by atoms with E-state index in [1.165, 1.54) is 0 Å². The number of hydrogen-bond acceptors (Lipinski definition) is 3. The van der Waals surface area contributed by atoms with Crippen LogP contribution in [0.3, 0.4) is 0 Å². The number of nitrogens with zero attached hydrogens (tertiary/aromatic N) is 2. The van der Waals surface area contributed by atoms with Crippen LogP contribution in [0.2, 0.25) is 0 Å². The summed E-state index contributed by atoms with van der Waals surface area (Å²) in [7, 11) is 0. The van der Waals surface area contributed by atoms with Crippen LogP contribution in [0, 0.1) is 6.92 Å². The molecule has 0 saturated carbocycles. The van der Waals surface area contributed by atoms with Gasteiger partial charge < -0.3 is 10.3 Å². The number of primary amides is 1. The third-order valence-electron chi connectivity index (χ3n) is 2.99. The van der Waals surface area contributed by atoms with E-state index in [9.17, 15) is 9.59 Å². The summed E-state index contributed by atoms with van der Waals surface area (Å²) >= 11 is 0. The minimum Gasteiger partial charge on any atom is -0.351 e. The number of rotatable bonds is 2. The van der Waals surface area contributed by atoms with E-state index in [4.69, 9.17) is 5.73 Å². The van der Waals surface area contributed by atoms with Gasteiger partial charge in [-0.25, -0.2) is 9.78 Å². The van der Waals surface area contributed by atoms with Crippen molar-refractivity contribution in [3.63, 3.8) is 0 Å². The van der Waals surface area contributed by atoms with Crippen LogP contribution in [0.25, 0.3) is 0 Å². The maximum atomic E-state index is 11.5. The van der Waals surface area contributed by atoms with Gasteiger partial charge in [0.15, 0.2) is 0 Å². The monoisotopic (exact) mass is 236 g/mol. The second-order valence-corrected chi connectivity index (χ2v) is 4.26. The predicted molar refractivity (Wildman–Crippen MR) is 61.3 cm³/mol. The van der Waals surface area contributed by atoms with Gasteiger partial charge in [0.25, 0.3) is 0 Å². The molecule has 6 nitrogen and oxygen atoms in total. The van der Waals surface area contributed by atoms with Crippen LogP contribution in [0.4, 0.5) is 4.79 Å². The molecule has 6 heteroatoms. The van der Waals surface area contributed by atoms with E-state index < -0.39 is 11.9 Å². The zero-order valence-corrected chi connectivity index (χ0v) is 9.82. The van der Waals surface area contributed by atoms with Crippen molar-refractivity contribution < 1.29 is 9.59 Å². The molecule has 1 heterocycles. The summed E-state index contributed by atoms with van der Waals surface area (Å²) in [6.45, 7) is 1.98. The smallest absolute Gasteiger partial charge is 0.318 e. The lowest BCUT2D eigenvalue weighted by molar-refractivity contribution is -0.120. The third-order valence-corrected chi connectivity index (χ3v) is 2.99. The quantitative estimate of drug-likeness (QED) is 0.772. The molecule has 17 heavy (non-hydrogen) atoms. The van der Waals surface area contributed by atoms with Crippen molar-refractivity contribution in [3.05, 3.63) is 17.2 Å². The zero-order valence-electron chi connectivity index (χ0n) is 9.82. The number of fused-ring (bicyclic) bond motifs is 1. The summed E-state index contributed by atoms with van der Waals surface area (Å²) in [6.07, 6.45) is 4.19. The molecule has 1 aliphatic rings. The molecule has 2 rings (SSSR count). The van der Waals surface area contributed by atoms with Crippen molar-refractivity contribution in [3.8, 4) is 0 Å². The fourth-order valence-electron chi connectivity index (χ4n) is 2.27. The Bertz CT molecular complexity index is 464. The number of urea groups is 1. The summed E-state index contributed by atoms with van der Waals surface area (Å²) in [6, 6.07) is -0.818. The van der Waals surface area contributed by atoms with E-state index in [0.29, 0.717) is 0 Å². The Morgan fingerprint density at radius 1 is 1.41 bits per heavy atom. The van der Waals surface area contributed by atoms with Gasteiger partial charge >= 0.3 is 6.03 Å². The van der Waals surface area contributed by atoms with Crippen LogP contribution in [0.15, 0.2) is 0 Å². The molecule has 0 aliphatic heterocycles. The Morgan fingerprint density at radius 3 is 2.82 bits per heavy atom. The number of aromatic nitrogens is 2. The van der Waals surface area contributed by atoms with Crippen LogP contribution in [-0.2, 0) is 24.2 Å². The highest BCUT2D eigenvalue weighted by Gasteiger charge is 2.19. The van der Waals surface area contributed by atoms with Crippen molar-refractivity contribution in [2.45, 2.75) is 39.2 Å². The lowest BCUT2D eigenvalue weighted by Gasteiger charge is -2.14. The highest BCUT2D eigenvalue weighted by Crippen LogP contribution is 2.21. The molecular formula is C11H16N4O2. The van der Waals surface area contributed by atoms with Crippen molar-refractivity contribution in [2.75, 3.05) is 0 Å². The molecule has 0 atom stereocenters. The van der Waals surface area contributed by atoms with Gasteiger partial charge in [-0.05, 0) is 32.6 Å². The van der Waals surface area contributed by atoms with Gasteiger partial charge in [0.05, 0.1) is 5.69 Å². The molecule has 0 fully saturated rings. The lowest BCUT2D eigenvalue weighted by Crippen LogP contribution is -2.37. The molecular weight excluding hydrogens is 220 g/mol. The van der Waals surface area contributed by atoms with Gasteiger partial charge in [0.2, 0.25) is 5.91 Å². The first kappa shape index (κ1) is 11.6. The summed E-state index contributed by atoms with van der Waals surface area (Å²) in [5.74, 6) is 0.419. The maximum absolute atomic E-state index is 11.5. The zero-order chi connectivity index (χ0) is 12.4. The first-order valence-corrected chi connectivity index (χ1v) is 5.72. The molecule has 1 aromatic heterocycles. The SMILES string of the molecule is Cc1nc2c(n1CC(=O)NC(N)=O)CCCC2. The van der Waals surface area contributed by atoms with Crippen molar-refractivity contribution in [1.82, 2.24) is 14.9 Å². The molecule has 1 aliphatic carbocycles. The molecule has 0 radical (unpaired) electrons. The minimum atomic E-state index is -0.818. The highest BCUT2D eigenvalue weighted by molar-refractivity contribution is 5.93. The van der Waals surface area contributed by atoms with Gasteiger partial charge in [0.1, 0.15) is 12.4 Å². The fraction of sp³-hybridized carbons (Fsp3) is 0.545. The molecule has 0 saturated heterocycles. The number of aryl methyl sites for hydroxylation is 2. The second kappa shape index (κ2) is 4.57. The summed E-state index contributed by atoms with van der Waals surface area (Å²) in [4.78, 5) is 26.5. The Hall–Kier alpha value is -1.85. The van der Waals surface area contributed by atoms with E-state index in [1.54, 1.807) is 0 Å². The van der Waals surface area contributed by atoms with Gasteiger partial charge in [-0.1, -0.05) is 0 Å². The van der Waals surface area contributed by atoms with E-state index >= 15 is 0 Å². The largest absolute Gasteiger partial charge is 0.351 e. The summed E-state index contributed by atoms with van der Waals surface area (Å²) < 4.78 is 1.87. The highest BCUT2D eigenvalue weighted by atomic mass is 16.2. The van der Waals surface area contributed by atoms with Crippen LogP contribution in [-0.4, -0.2) is 21.5 Å². The predicted octanol–water partition coefficient (Wildman–Crippen LogP) is 0.265. The van der Waals surface area contributed by atoms with Crippen molar-refractivity contribution in [1.29, 1.82) is 0 Å². The van der Waals surface area contributed by atoms with E-state index in [-0.39, 0.29) is 6.54 Å². The van der Waals surface area contributed by atoms with Crippen LogP contribution >= 0.6 is 0 Å². The van der Waals surface area contributed by atoms with E-state index in [1.807, 2.05) is 11.5 Å². The lowest BCUT2D eigenvalue weighted by atomic mass is 10.0. The number of hydrogen-bond donors (Lipinski definition) is 2. The molecule has 0 aromatic carbocycles. The first-order valence-electron chi connectivity index (χ1n) is 5.72. The topological polar surface area (TPSA) is 90.0 Å². The van der Waals surface area contributed by atoms with Crippen molar-refractivity contribution >= 4 is 11.9 Å². The number of carbonyl (C=O) groups excluding carboxylic acids is 2. The Labute approximate surface area is 99.2 Å². The third kappa shape index (κ3) is 2.46. The standard InChI is InChI=1S/C11H16N4O2/c1-7-13-8-4-2-3-5-9(8)15(7)6-10(16)14-11(12)17/h2-6H2,1H3,(H3,12,14,16,17). The normalized spacial score (nSPS) is 14.2. The first-order chi connectivity index (χ1) is 8.08. The fourth-order valence-corrected chi connectivity index (χ4v) is 2.27. The minimum absolute atomic E-state index is 0.108. The number of amides is 3. The van der Waals surface area contributed by atoms with Gasteiger partial charge in [0, 0.05) is 5.69 Å². The van der Waals surface area contributed by atoms with Crippen LogP contribution < -0.4 is 11.1 Å². The summed E-state index contributed by atoms with van der Waals surface area (Å²) in [5.41, 5.74) is 7.11. The average molecular weight is 236 g/mol. The number of imide groups is 1.